The number of carbonyl (C=O) groups excluding carboxylic acids is 1. The van der Waals surface area contributed by atoms with Crippen LogP contribution in [-0.2, 0) is 11.2 Å². The maximum Gasteiger partial charge on any atom is 0.226 e. The summed E-state index contributed by atoms with van der Waals surface area (Å²) in [6.45, 7) is 0.725. The number of nitrogens with one attached hydrogen (secondary N) is 1. The molecule has 1 amide bonds. The predicted molar refractivity (Wildman–Crippen MR) is 64.4 cm³/mol. The van der Waals surface area contributed by atoms with Gasteiger partial charge in [-0.05, 0) is 32.1 Å². The first-order chi connectivity index (χ1) is 8.34. The predicted octanol–water partition coefficient (Wildman–Crippen LogP) is 2.22. The normalized spacial score (nSPS) is 15.4. The summed E-state index contributed by atoms with van der Waals surface area (Å²) in [4.78, 5) is 15.5. The first-order valence-corrected chi connectivity index (χ1v) is 6.16. The third kappa shape index (κ3) is 4.06. The van der Waals surface area contributed by atoms with Crippen LogP contribution in [0.15, 0.2) is 28.7 Å². The van der Waals surface area contributed by atoms with E-state index in [1.807, 2.05) is 0 Å². The number of aromatic nitrogens is 1. The molecule has 0 aromatic carbocycles. The molecule has 1 aliphatic rings. The number of carbonyl (C=O) groups is 1. The molecule has 1 aromatic rings. The van der Waals surface area contributed by atoms with E-state index in [2.05, 4.69) is 16.4 Å². The Balaban J connectivity index is 1.64. The molecule has 0 radical (unpaired) electrons. The number of nitrogens with zero attached hydrogens (tertiary/aromatic N) is 1. The molecule has 0 bridgehead atoms. The van der Waals surface area contributed by atoms with E-state index >= 15 is 0 Å². The number of rotatable bonds is 5. The van der Waals surface area contributed by atoms with Gasteiger partial charge in [0.2, 0.25) is 5.91 Å². The van der Waals surface area contributed by atoms with Crippen molar-refractivity contribution in [3.05, 3.63) is 30.0 Å². The number of allylic oxidation sites excluding steroid dienone is 1. The van der Waals surface area contributed by atoms with E-state index in [0.717, 1.165) is 13.0 Å². The standard InChI is InChI=1S/C13H18N2O2/c16-13(8-12-9-17-10-15-12)14-7-6-11-4-2-1-3-5-11/h4,9-10H,1-3,5-8H2,(H,14,16). The molecule has 1 N–H and O–H groups in total. The lowest BCUT2D eigenvalue weighted by molar-refractivity contribution is -0.120. The Bertz CT molecular complexity index is 382. The zero-order valence-electron chi connectivity index (χ0n) is 9.95. The van der Waals surface area contributed by atoms with Crippen molar-refractivity contribution in [2.24, 2.45) is 0 Å². The van der Waals surface area contributed by atoms with Gasteiger partial charge in [-0.25, -0.2) is 4.98 Å². The van der Waals surface area contributed by atoms with Gasteiger partial charge in [-0.2, -0.15) is 0 Å². The number of oxazole rings is 1. The fourth-order valence-electron chi connectivity index (χ4n) is 2.05. The van der Waals surface area contributed by atoms with Gasteiger partial charge in [0.05, 0.1) is 12.1 Å². The molecule has 1 aromatic heterocycles. The van der Waals surface area contributed by atoms with Gasteiger partial charge in [0, 0.05) is 6.54 Å². The molecule has 0 aliphatic heterocycles. The summed E-state index contributed by atoms with van der Waals surface area (Å²) in [5.41, 5.74) is 2.16. The summed E-state index contributed by atoms with van der Waals surface area (Å²) in [7, 11) is 0. The molecule has 4 heteroatoms. The second-order valence-electron chi connectivity index (χ2n) is 4.36. The molecule has 92 valence electrons. The van der Waals surface area contributed by atoms with Gasteiger partial charge in [0.25, 0.3) is 0 Å². The lowest BCUT2D eigenvalue weighted by Gasteiger charge is -2.12. The van der Waals surface area contributed by atoms with Crippen LogP contribution in [-0.4, -0.2) is 17.4 Å². The number of hydrogen-bond donors (Lipinski definition) is 1. The van der Waals surface area contributed by atoms with E-state index in [1.54, 1.807) is 0 Å². The molecule has 0 unspecified atom stereocenters. The van der Waals surface area contributed by atoms with E-state index in [4.69, 9.17) is 4.42 Å². The highest BCUT2D eigenvalue weighted by atomic mass is 16.3. The molecule has 0 spiro atoms. The van der Waals surface area contributed by atoms with Crippen LogP contribution in [0.5, 0.6) is 0 Å². The highest BCUT2D eigenvalue weighted by Gasteiger charge is 2.07. The Labute approximate surface area is 101 Å². The third-order valence-corrected chi connectivity index (χ3v) is 2.98. The van der Waals surface area contributed by atoms with Gasteiger partial charge in [0.15, 0.2) is 6.39 Å². The molecular formula is C13H18N2O2. The molecule has 1 heterocycles. The maximum absolute atomic E-state index is 11.5. The summed E-state index contributed by atoms with van der Waals surface area (Å²) in [6.07, 6.45) is 11.4. The highest BCUT2D eigenvalue weighted by Crippen LogP contribution is 2.19. The lowest BCUT2D eigenvalue weighted by Crippen LogP contribution is -2.26. The Morgan fingerprint density at radius 2 is 2.41 bits per heavy atom. The fourth-order valence-corrected chi connectivity index (χ4v) is 2.05. The van der Waals surface area contributed by atoms with E-state index in [9.17, 15) is 4.79 Å². The molecule has 0 fully saturated rings. The molecule has 17 heavy (non-hydrogen) atoms. The van der Waals surface area contributed by atoms with Crippen LogP contribution >= 0.6 is 0 Å². The monoisotopic (exact) mass is 234 g/mol. The van der Waals surface area contributed by atoms with Crippen molar-refractivity contribution in [2.45, 2.75) is 38.5 Å². The van der Waals surface area contributed by atoms with Gasteiger partial charge < -0.3 is 9.73 Å². The quantitative estimate of drug-likeness (QED) is 0.795. The van der Waals surface area contributed by atoms with Crippen LogP contribution < -0.4 is 5.32 Å². The lowest BCUT2D eigenvalue weighted by atomic mass is 9.97. The average molecular weight is 234 g/mol. The van der Waals surface area contributed by atoms with Crippen LogP contribution in [0.4, 0.5) is 0 Å². The van der Waals surface area contributed by atoms with Crippen LogP contribution in [0.1, 0.15) is 37.8 Å². The summed E-state index contributed by atoms with van der Waals surface area (Å²) in [6, 6.07) is 0. The van der Waals surface area contributed by atoms with Crippen LogP contribution in [0.25, 0.3) is 0 Å². The van der Waals surface area contributed by atoms with Crippen LogP contribution in [0.2, 0.25) is 0 Å². The SMILES string of the molecule is O=C(Cc1cocn1)NCCC1=CCCCC1. The van der Waals surface area contributed by atoms with Gasteiger partial charge in [-0.1, -0.05) is 11.6 Å². The molecular weight excluding hydrogens is 216 g/mol. The first kappa shape index (κ1) is 11.9. The summed E-state index contributed by atoms with van der Waals surface area (Å²) >= 11 is 0. The van der Waals surface area contributed by atoms with E-state index in [-0.39, 0.29) is 5.91 Å². The van der Waals surface area contributed by atoms with Crippen molar-refractivity contribution in [3.8, 4) is 0 Å². The zero-order valence-corrected chi connectivity index (χ0v) is 9.95. The summed E-state index contributed by atoms with van der Waals surface area (Å²) in [5, 5.41) is 2.91. The largest absolute Gasteiger partial charge is 0.451 e. The summed E-state index contributed by atoms with van der Waals surface area (Å²) in [5.74, 6) is 0.00955. The van der Waals surface area contributed by atoms with Crippen molar-refractivity contribution in [1.29, 1.82) is 0 Å². The van der Waals surface area contributed by atoms with Crippen molar-refractivity contribution in [3.63, 3.8) is 0 Å². The van der Waals surface area contributed by atoms with Gasteiger partial charge >= 0.3 is 0 Å². The number of hydrogen-bond acceptors (Lipinski definition) is 3. The van der Waals surface area contributed by atoms with Gasteiger partial charge in [-0.3, -0.25) is 4.79 Å². The topological polar surface area (TPSA) is 55.1 Å². The van der Waals surface area contributed by atoms with E-state index < -0.39 is 0 Å². The molecule has 1 aliphatic carbocycles. The Hall–Kier alpha value is -1.58. The molecule has 0 saturated carbocycles. The molecule has 0 atom stereocenters. The number of amides is 1. The zero-order chi connectivity index (χ0) is 11.9. The molecule has 0 saturated heterocycles. The third-order valence-electron chi connectivity index (χ3n) is 2.98. The van der Waals surface area contributed by atoms with E-state index in [1.165, 1.54) is 43.9 Å². The van der Waals surface area contributed by atoms with Crippen molar-refractivity contribution in [1.82, 2.24) is 10.3 Å². The average Bonchev–Trinajstić information content (AvgIpc) is 2.83. The second-order valence-corrected chi connectivity index (χ2v) is 4.36. The minimum atomic E-state index is 0.00955. The van der Waals surface area contributed by atoms with Gasteiger partial charge in [-0.15, -0.1) is 0 Å². The molecule has 2 rings (SSSR count). The van der Waals surface area contributed by atoms with Crippen LogP contribution in [0, 0.1) is 0 Å². The Kier molecular flexibility index (Phi) is 4.36. The fraction of sp³-hybridized carbons (Fsp3) is 0.538. The van der Waals surface area contributed by atoms with Crippen molar-refractivity contribution >= 4 is 5.91 Å². The highest BCUT2D eigenvalue weighted by molar-refractivity contribution is 5.77. The van der Waals surface area contributed by atoms with E-state index in [0.29, 0.717) is 12.1 Å². The molecule has 4 nitrogen and oxygen atoms in total. The van der Waals surface area contributed by atoms with Crippen molar-refractivity contribution < 1.29 is 9.21 Å². The first-order valence-electron chi connectivity index (χ1n) is 6.16. The second kappa shape index (κ2) is 6.23. The smallest absolute Gasteiger partial charge is 0.226 e. The minimum absolute atomic E-state index is 0.00955. The van der Waals surface area contributed by atoms with Crippen LogP contribution in [0.3, 0.4) is 0 Å². The Morgan fingerprint density at radius 3 is 3.12 bits per heavy atom. The maximum atomic E-state index is 11.5. The van der Waals surface area contributed by atoms with Crippen molar-refractivity contribution in [2.75, 3.05) is 6.54 Å². The minimum Gasteiger partial charge on any atom is -0.451 e. The Morgan fingerprint density at radius 1 is 1.47 bits per heavy atom. The van der Waals surface area contributed by atoms with Gasteiger partial charge in [0.1, 0.15) is 6.26 Å². The summed E-state index contributed by atoms with van der Waals surface area (Å²) < 4.78 is 4.81.